The molecule has 1 aromatic heterocycles. The largest absolute Gasteiger partial charge is 0.481 e. The molecular formula is C18H22N4O3. The molecule has 7 nitrogen and oxygen atoms in total. The van der Waals surface area contributed by atoms with Crippen molar-refractivity contribution in [1.29, 1.82) is 0 Å². The van der Waals surface area contributed by atoms with Gasteiger partial charge < -0.3 is 10.4 Å². The molecule has 0 bridgehead atoms. The fourth-order valence-electron chi connectivity index (χ4n) is 3.30. The van der Waals surface area contributed by atoms with Gasteiger partial charge >= 0.3 is 5.97 Å². The Kier molecular flexibility index (Phi) is 4.83. The summed E-state index contributed by atoms with van der Waals surface area (Å²) < 4.78 is 1.54. The second kappa shape index (κ2) is 7.04. The summed E-state index contributed by atoms with van der Waals surface area (Å²) in [4.78, 5) is 24.0. The van der Waals surface area contributed by atoms with Gasteiger partial charge in [0.05, 0.1) is 17.3 Å². The number of rotatable bonds is 5. The molecule has 0 radical (unpaired) electrons. The highest BCUT2D eigenvalue weighted by Crippen LogP contribution is 2.36. The number of nitrogens with one attached hydrogen (secondary N) is 1. The molecule has 132 valence electrons. The van der Waals surface area contributed by atoms with E-state index < -0.39 is 17.3 Å². The van der Waals surface area contributed by atoms with Crippen molar-refractivity contribution in [3.63, 3.8) is 0 Å². The standard InChI is InChI=1S/C18H22N4O3/c1-13-6-5-7-14(10-13)22-11-15(20-21-22)16(23)19-12-18(17(24)25)8-3-2-4-9-18/h5-7,10-11H,2-4,8-9,12H2,1H3,(H,19,23)(H,24,25). The minimum Gasteiger partial charge on any atom is -0.481 e. The predicted octanol–water partition coefficient (Wildman–Crippen LogP) is 2.34. The second-order valence-electron chi connectivity index (χ2n) is 6.72. The van der Waals surface area contributed by atoms with Crippen molar-refractivity contribution in [1.82, 2.24) is 20.3 Å². The third kappa shape index (κ3) is 3.70. The Hall–Kier alpha value is -2.70. The first kappa shape index (κ1) is 17.1. The van der Waals surface area contributed by atoms with Gasteiger partial charge in [-0.1, -0.05) is 36.6 Å². The van der Waals surface area contributed by atoms with Gasteiger partial charge in [0.25, 0.3) is 5.91 Å². The first-order chi connectivity index (χ1) is 12.0. The SMILES string of the molecule is Cc1cccc(-n2cc(C(=O)NCC3(C(=O)O)CCCCC3)nn2)c1. The Balaban J connectivity index is 1.68. The lowest BCUT2D eigenvalue weighted by Gasteiger charge is -2.33. The average Bonchev–Trinajstić information content (AvgIpc) is 3.10. The van der Waals surface area contributed by atoms with Gasteiger partial charge in [-0.25, -0.2) is 4.68 Å². The maximum atomic E-state index is 12.3. The molecular weight excluding hydrogens is 320 g/mol. The van der Waals surface area contributed by atoms with Crippen molar-refractivity contribution in [3.05, 3.63) is 41.7 Å². The highest BCUT2D eigenvalue weighted by molar-refractivity contribution is 5.92. The normalized spacial score (nSPS) is 16.4. The third-order valence-electron chi connectivity index (χ3n) is 4.84. The van der Waals surface area contributed by atoms with Gasteiger partial charge in [-0.05, 0) is 37.5 Å². The van der Waals surface area contributed by atoms with E-state index in [-0.39, 0.29) is 12.2 Å². The van der Waals surface area contributed by atoms with Gasteiger partial charge in [0, 0.05) is 6.54 Å². The van der Waals surface area contributed by atoms with E-state index in [9.17, 15) is 14.7 Å². The van der Waals surface area contributed by atoms with E-state index in [0.29, 0.717) is 12.8 Å². The van der Waals surface area contributed by atoms with Crippen LogP contribution >= 0.6 is 0 Å². The number of aromatic nitrogens is 3. The van der Waals surface area contributed by atoms with Crippen LogP contribution in [0.5, 0.6) is 0 Å². The van der Waals surface area contributed by atoms with Crippen molar-refractivity contribution in [2.24, 2.45) is 5.41 Å². The smallest absolute Gasteiger partial charge is 0.311 e. The highest BCUT2D eigenvalue weighted by atomic mass is 16.4. The Morgan fingerprint density at radius 3 is 2.72 bits per heavy atom. The number of carboxylic acid groups (broad SMARTS) is 1. The van der Waals surface area contributed by atoms with Crippen molar-refractivity contribution >= 4 is 11.9 Å². The van der Waals surface area contributed by atoms with Crippen LogP contribution in [0, 0.1) is 12.3 Å². The predicted molar refractivity (Wildman–Crippen MR) is 91.6 cm³/mol. The minimum absolute atomic E-state index is 0.123. The number of carbonyl (C=O) groups excluding carboxylic acids is 1. The molecule has 0 atom stereocenters. The Bertz CT molecular complexity index is 778. The Morgan fingerprint density at radius 1 is 1.28 bits per heavy atom. The fourth-order valence-corrected chi connectivity index (χ4v) is 3.30. The molecule has 1 saturated carbocycles. The zero-order valence-electron chi connectivity index (χ0n) is 14.2. The van der Waals surface area contributed by atoms with Crippen LogP contribution < -0.4 is 5.32 Å². The summed E-state index contributed by atoms with van der Waals surface area (Å²) in [6.45, 7) is 2.10. The maximum absolute atomic E-state index is 12.3. The van der Waals surface area contributed by atoms with Gasteiger partial charge in [-0.3, -0.25) is 9.59 Å². The van der Waals surface area contributed by atoms with Crippen molar-refractivity contribution < 1.29 is 14.7 Å². The van der Waals surface area contributed by atoms with E-state index in [0.717, 1.165) is 30.5 Å². The van der Waals surface area contributed by atoms with Gasteiger partial charge in [-0.15, -0.1) is 5.10 Å². The number of carboxylic acids is 1. The molecule has 1 fully saturated rings. The number of hydrogen-bond acceptors (Lipinski definition) is 4. The number of hydrogen-bond donors (Lipinski definition) is 2. The minimum atomic E-state index is -0.861. The van der Waals surface area contributed by atoms with Crippen LogP contribution in [0.1, 0.15) is 48.2 Å². The molecule has 1 amide bonds. The third-order valence-corrected chi connectivity index (χ3v) is 4.84. The molecule has 1 aliphatic rings. The Morgan fingerprint density at radius 2 is 2.04 bits per heavy atom. The van der Waals surface area contributed by atoms with Crippen LogP contribution in [0.4, 0.5) is 0 Å². The van der Waals surface area contributed by atoms with Gasteiger partial charge in [0.2, 0.25) is 0 Å². The van der Waals surface area contributed by atoms with E-state index in [4.69, 9.17) is 0 Å². The summed E-state index contributed by atoms with van der Waals surface area (Å²) in [5, 5.41) is 20.2. The molecule has 0 aliphatic heterocycles. The quantitative estimate of drug-likeness (QED) is 0.869. The lowest BCUT2D eigenvalue weighted by Crippen LogP contribution is -2.44. The molecule has 1 heterocycles. The zero-order valence-corrected chi connectivity index (χ0v) is 14.2. The van der Waals surface area contributed by atoms with Crippen molar-refractivity contribution in [2.45, 2.75) is 39.0 Å². The summed E-state index contributed by atoms with van der Waals surface area (Å²) >= 11 is 0. The van der Waals surface area contributed by atoms with Crippen molar-refractivity contribution in [2.75, 3.05) is 6.54 Å². The molecule has 2 aromatic rings. The Labute approximate surface area is 146 Å². The topological polar surface area (TPSA) is 97.1 Å². The molecule has 0 unspecified atom stereocenters. The van der Waals surface area contributed by atoms with Gasteiger partial charge in [0.1, 0.15) is 0 Å². The number of carbonyl (C=O) groups is 2. The van der Waals surface area contributed by atoms with E-state index in [2.05, 4.69) is 15.6 Å². The maximum Gasteiger partial charge on any atom is 0.311 e. The molecule has 3 rings (SSSR count). The first-order valence-corrected chi connectivity index (χ1v) is 8.51. The average molecular weight is 342 g/mol. The zero-order chi connectivity index (χ0) is 17.9. The molecule has 25 heavy (non-hydrogen) atoms. The summed E-state index contributed by atoms with van der Waals surface area (Å²) in [5.74, 6) is -1.24. The van der Waals surface area contributed by atoms with Crippen LogP contribution in [0.15, 0.2) is 30.5 Å². The molecule has 2 N–H and O–H groups in total. The van der Waals surface area contributed by atoms with Crippen LogP contribution in [-0.2, 0) is 4.79 Å². The summed E-state index contributed by atoms with van der Waals surface area (Å²) in [7, 11) is 0. The van der Waals surface area contributed by atoms with Crippen LogP contribution in [0.2, 0.25) is 0 Å². The lowest BCUT2D eigenvalue weighted by atomic mass is 9.74. The second-order valence-corrected chi connectivity index (χ2v) is 6.72. The summed E-state index contributed by atoms with van der Waals surface area (Å²) in [5.41, 5.74) is 1.22. The van der Waals surface area contributed by atoms with E-state index in [1.807, 2.05) is 31.2 Å². The molecule has 1 aromatic carbocycles. The summed E-state index contributed by atoms with van der Waals surface area (Å²) in [6, 6.07) is 7.71. The lowest BCUT2D eigenvalue weighted by molar-refractivity contribution is -0.150. The monoisotopic (exact) mass is 342 g/mol. The van der Waals surface area contributed by atoms with Crippen molar-refractivity contribution in [3.8, 4) is 5.69 Å². The first-order valence-electron chi connectivity index (χ1n) is 8.51. The van der Waals surface area contributed by atoms with Crippen LogP contribution in [0.25, 0.3) is 5.69 Å². The van der Waals surface area contributed by atoms with E-state index >= 15 is 0 Å². The fraction of sp³-hybridized carbons (Fsp3) is 0.444. The highest BCUT2D eigenvalue weighted by Gasteiger charge is 2.39. The molecule has 0 saturated heterocycles. The van der Waals surface area contributed by atoms with Crippen LogP contribution in [-0.4, -0.2) is 38.5 Å². The van der Waals surface area contributed by atoms with Gasteiger partial charge in [-0.2, -0.15) is 0 Å². The number of aliphatic carboxylic acids is 1. The molecule has 0 spiro atoms. The van der Waals surface area contributed by atoms with Gasteiger partial charge in [0.15, 0.2) is 5.69 Å². The number of amides is 1. The van der Waals surface area contributed by atoms with Crippen LogP contribution in [0.3, 0.4) is 0 Å². The van der Waals surface area contributed by atoms with E-state index in [1.54, 1.807) is 6.20 Å². The van der Waals surface area contributed by atoms with E-state index in [1.165, 1.54) is 4.68 Å². The number of nitrogens with zero attached hydrogens (tertiary/aromatic N) is 3. The number of benzene rings is 1. The molecule has 1 aliphatic carbocycles. The number of aryl methyl sites for hydroxylation is 1. The summed E-state index contributed by atoms with van der Waals surface area (Å²) in [6.07, 6.45) is 5.56. The molecule has 7 heteroatoms.